The van der Waals surface area contributed by atoms with Gasteiger partial charge >= 0.3 is 0 Å². The zero-order chi connectivity index (χ0) is 16.9. The number of hydrogen-bond donors (Lipinski definition) is 1. The lowest BCUT2D eigenvalue weighted by molar-refractivity contribution is -0.115. The van der Waals surface area contributed by atoms with Crippen LogP contribution in [-0.2, 0) is 11.2 Å². The summed E-state index contributed by atoms with van der Waals surface area (Å²) in [5, 5.41) is 2.73. The van der Waals surface area contributed by atoms with Crippen molar-refractivity contribution in [2.24, 2.45) is 0 Å². The third-order valence-electron chi connectivity index (χ3n) is 3.49. The van der Waals surface area contributed by atoms with E-state index in [9.17, 15) is 4.79 Å². The van der Waals surface area contributed by atoms with Gasteiger partial charge in [-0.3, -0.25) is 4.79 Å². The van der Waals surface area contributed by atoms with Gasteiger partial charge in [0.25, 0.3) is 0 Å². The number of methoxy groups -OCH3 is 1. The SMILES string of the molecule is COc1ccc(-c2nc(CC(=O)Nc3ccccn3)c(C)o2)cc1. The Hall–Kier alpha value is -3.15. The van der Waals surface area contributed by atoms with Crippen LogP contribution in [0, 0.1) is 6.92 Å². The minimum atomic E-state index is -0.189. The molecular weight excluding hydrogens is 306 g/mol. The number of hydrogen-bond acceptors (Lipinski definition) is 5. The van der Waals surface area contributed by atoms with Gasteiger partial charge in [-0.2, -0.15) is 0 Å². The van der Waals surface area contributed by atoms with E-state index < -0.39 is 0 Å². The highest BCUT2D eigenvalue weighted by atomic mass is 16.5. The Bertz CT molecular complexity index is 826. The molecule has 122 valence electrons. The fraction of sp³-hybridized carbons (Fsp3) is 0.167. The molecule has 0 aliphatic heterocycles. The number of nitrogens with one attached hydrogen (secondary N) is 1. The maximum Gasteiger partial charge on any atom is 0.231 e. The summed E-state index contributed by atoms with van der Waals surface area (Å²) in [6.45, 7) is 1.80. The molecule has 1 N–H and O–H groups in total. The van der Waals surface area contributed by atoms with Crippen molar-refractivity contribution in [1.82, 2.24) is 9.97 Å². The average molecular weight is 323 g/mol. The number of rotatable bonds is 5. The smallest absolute Gasteiger partial charge is 0.231 e. The third kappa shape index (κ3) is 3.60. The number of carbonyl (C=O) groups is 1. The zero-order valence-electron chi connectivity index (χ0n) is 13.4. The molecule has 1 aromatic carbocycles. The van der Waals surface area contributed by atoms with E-state index in [0.29, 0.717) is 23.2 Å². The van der Waals surface area contributed by atoms with Gasteiger partial charge in [-0.05, 0) is 43.3 Å². The van der Waals surface area contributed by atoms with E-state index >= 15 is 0 Å². The molecule has 0 unspecified atom stereocenters. The average Bonchev–Trinajstić information content (AvgIpc) is 2.96. The van der Waals surface area contributed by atoms with E-state index in [1.807, 2.05) is 30.3 Å². The molecule has 3 rings (SSSR count). The molecular formula is C18H17N3O3. The molecule has 0 atom stereocenters. The summed E-state index contributed by atoms with van der Waals surface area (Å²) >= 11 is 0. The summed E-state index contributed by atoms with van der Waals surface area (Å²) in [6, 6.07) is 12.7. The van der Waals surface area contributed by atoms with Crippen molar-refractivity contribution in [3.05, 3.63) is 60.1 Å². The summed E-state index contributed by atoms with van der Waals surface area (Å²) < 4.78 is 10.8. The van der Waals surface area contributed by atoms with Crippen LogP contribution < -0.4 is 10.1 Å². The minimum Gasteiger partial charge on any atom is -0.497 e. The summed E-state index contributed by atoms with van der Waals surface area (Å²) in [6.07, 6.45) is 1.75. The number of pyridine rings is 1. The highest BCUT2D eigenvalue weighted by Crippen LogP contribution is 2.24. The van der Waals surface area contributed by atoms with Crippen molar-refractivity contribution < 1.29 is 13.9 Å². The first-order valence-corrected chi connectivity index (χ1v) is 7.47. The fourth-order valence-electron chi connectivity index (χ4n) is 2.22. The Labute approximate surface area is 139 Å². The number of aromatic nitrogens is 2. The van der Waals surface area contributed by atoms with Crippen molar-refractivity contribution >= 4 is 11.7 Å². The molecule has 0 saturated heterocycles. The van der Waals surface area contributed by atoms with E-state index in [4.69, 9.17) is 9.15 Å². The predicted octanol–water partition coefficient (Wildman–Crippen LogP) is 3.23. The Morgan fingerprint density at radius 3 is 2.67 bits per heavy atom. The number of aryl methyl sites for hydroxylation is 1. The van der Waals surface area contributed by atoms with Crippen molar-refractivity contribution in [2.45, 2.75) is 13.3 Å². The van der Waals surface area contributed by atoms with Gasteiger partial charge in [-0.15, -0.1) is 0 Å². The van der Waals surface area contributed by atoms with Crippen LogP contribution in [0.5, 0.6) is 5.75 Å². The Balaban J connectivity index is 1.72. The lowest BCUT2D eigenvalue weighted by atomic mass is 10.2. The molecule has 0 bridgehead atoms. The van der Waals surface area contributed by atoms with Crippen LogP contribution in [-0.4, -0.2) is 23.0 Å². The van der Waals surface area contributed by atoms with Crippen LogP contribution in [0.2, 0.25) is 0 Å². The van der Waals surface area contributed by atoms with Crippen LogP contribution in [0.15, 0.2) is 53.1 Å². The van der Waals surface area contributed by atoms with Gasteiger partial charge < -0.3 is 14.5 Å². The van der Waals surface area contributed by atoms with Gasteiger partial charge in [0.1, 0.15) is 17.3 Å². The van der Waals surface area contributed by atoms with E-state index in [-0.39, 0.29) is 12.3 Å². The third-order valence-corrected chi connectivity index (χ3v) is 3.49. The van der Waals surface area contributed by atoms with Gasteiger partial charge in [-0.25, -0.2) is 9.97 Å². The maximum atomic E-state index is 12.1. The predicted molar refractivity (Wildman–Crippen MR) is 89.8 cm³/mol. The van der Waals surface area contributed by atoms with Crippen LogP contribution >= 0.6 is 0 Å². The molecule has 0 saturated carbocycles. The molecule has 2 aromatic heterocycles. The largest absolute Gasteiger partial charge is 0.497 e. The molecule has 0 spiro atoms. The number of carbonyl (C=O) groups excluding carboxylic acids is 1. The minimum absolute atomic E-state index is 0.127. The molecule has 1 amide bonds. The molecule has 0 aliphatic rings. The number of amides is 1. The van der Waals surface area contributed by atoms with Crippen molar-refractivity contribution in [1.29, 1.82) is 0 Å². The highest BCUT2D eigenvalue weighted by Gasteiger charge is 2.15. The normalized spacial score (nSPS) is 10.4. The molecule has 0 radical (unpaired) electrons. The molecule has 3 aromatic rings. The quantitative estimate of drug-likeness (QED) is 0.780. The highest BCUT2D eigenvalue weighted by molar-refractivity contribution is 5.91. The van der Waals surface area contributed by atoms with Crippen molar-refractivity contribution in [3.8, 4) is 17.2 Å². The van der Waals surface area contributed by atoms with E-state index in [1.165, 1.54) is 0 Å². The second kappa shape index (κ2) is 6.95. The Morgan fingerprint density at radius 1 is 1.21 bits per heavy atom. The first-order valence-electron chi connectivity index (χ1n) is 7.47. The Morgan fingerprint density at radius 2 is 2.00 bits per heavy atom. The van der Waals surface area contributed by atoms with Gasteiger partial charge in [0.05, 0.1) is 19.2 Å². The van der Waals surface area contributed by atoms with Crippen LogP contribution in [0.3, 0.4) is 0 Å². The summed E-state index contributed by atoms with van der Waals surface area (Å²) in [5.74, 6) is 2.19. The molecule has 6 heteroatoms. The lowest BCUT2D eigenvalue weighted by Gasteiger charge is -2.02. The molecule has 0 aliphatic carbocycles. The van der Waals surface area contributed by atoms with Gasteiger partial charge in [0.15, 0.2) is 0 Å². The standard InChI is InChI=1S/C18H17N3O3/c1-12-15(11-17(22)21-16-5-3-4-10-19-16)20-18(24-12)13-6-8-14(23-2)9-7-13/h3-10H,11H2,1-2H3,(H,19,21,22). The molecule has 2 heterocycles. The Kier molecular flexibility index (Phi) is 4.56. The zero-order valence-corrected chi connectivity index (χ0v) is 13.4. The van der Waals surface area contributed by atoms with Crippen LogP contribution in [0.4, 0.5) is 5.82 Å². The number of benzene rings is 1. The maximum absolute atomic E-state index is 12.1. The first kappa shape index (κ1) is 15.7. The topological polar surface area (TPSA) is 77.2 Å². The second-order valence-electron chi connectivity index (χ2n) is 5.19. The molecule has 24 heavy (non-hydrogen) atoms. The number of oxazole rings is 1. The van der Waals surface area contributed by atoms with E-state index in [2.05, 4.69) is 15.3 Å². The van der Waals surface area contributed by atoms with Gasteiger partial charge in [0.2, 0.25) is 11.8 Å². The number of nitrogens with zero attached hydrogens (tertiary/aromatic N) is 2. The molecule has 0 fully saturated rings. The lowest BCUT2D eigenvalue weighted by Crippen LogP contribution is -2.15. The van der Waals surface area contributed by atoms with Crippen LogP contribution in [0.1, 0.15) is 11.5 Å². The summed E-state index contributed by atoms with van der Waals surface area (Å²) in [4.78, 5) is 20.6. The van der Waals surface area contributed by atoms with Crippen LogP contribution in [0.25, 0.3) is 11.5 Å². The van der Waals surface area contributed by atoms with Gasteiger partial charge in [0, 0.05) is 11.8 Å². The monoisotopic (exact) mass is 323 g/mol. The van der Waals surface area contributed by atoms with Crippen molar-refractivity contribution in [2.75, 3.05) is 12.4 Å². The number of ether oxygens (including phenoxy) is 1. The van der Waals surface area contributed by atoms with Gasteiger partial charge in [-0.1, -0.05) is 6.07 Å². The van der Waals surface area contributed by atoms with E-state index in [1.54, 1.807) is 32.4 Å². The summed E-state index contributed by atoms with van der Waals surface area (Å²) in [7, 11) is 1.61. The second-order valence-corrected chi connectivity index (χ2v) is 5.19. The van der Waals surface area contributed by atoms with E-state index in [0.717, 1.165) is 11.3 Å². The molecule has 6 nitrogen and oxygen atoms in total. The first-order chi connectivity index (χ1) is 11.7. The fourth-order valence-corrected chi connectivity index (χ4v) is 2.22. The summed E-state index contributed by atoms with van der Waals surface area (Å²) in [5.41, 5.74) is 1.43. The number of anilines is 1. The van der Waals surface area contributed by atoms with Crippen molar-refractivity contribution in [3.63, 3.8) is 0 Å².